The summed E-state index contributed by atoms with van der Waals surface area (Å²) in [7, 11) is -3.78. The molecule has 32 heavy (non-hydrogen) atoms. The van der Waals surface area contributed by atoms with Gasteiger partial charge in [-0.25, -0.2) is 8.42 Å². The topological polar surface area (TPSA) is 66.5 Å². The SMILES string of the molecule is Cc1cccc(NS(=O)(=O)c2cccc(C(=O)N3CCC(Cc4ccccc4)CC3)c2)c1. The lowest BCUT2D eigenvalue weighted by molar-refractivity contribution is 0.0690. The highest BCUT2D eigenvalue weighted by Crippen LogP contribution is 2.24. The molecule has 5 nitrogen and oxygen atoms in total. The van der Waals surface area contributed by atoms with Gasteiger partial charge >= 0.3 is 0 Å². The van der Waals surface area contributed by atoms with E-state index >= 15 is 0 Å². The lowest BCUT2D eigenvalue weighted by atomic mass is 9.90. The maximum atomic E-state index is 13.1. The predicted molar refractivity (Wildman–Crippen MR) is 127 cm³/mol. The van der Waals surface area contributed by atoms with Crippen molar-refractivity contribution in [3.8, 4) is 0 Å². The van der Waals surface area contributed by atoms with Crippen molar-refractivity contribution in [2.24, 2.45) is 5.92 Å². The highest BCUT2D eigenvalue weighted by atomic mass is 32.2. The number of aryl methyl sites for hydroxylation is 1. The molecule has 1 fully saturated rings. The maximum Gasteiger partial charge on any atom is 0.261 e. The number of benzene rings is 3. The number of likely N-dealkylation sites (tertiary alicyclic amines) is 1. The van der Waals surface area contributed by atoms with E-state index in [0.717, 1.165) is 24.8 Å². The first-order valence-corrected chi connectivity index (χ1v) is 12.4. The van der Waals surface area contributed by atoms with E-state index in [1.54, 1.807) is 30.3 Å². The van der Waals surface area contributed by atoms with E-state index in [0.29, 0.717) is 30.3 Å². The molecule has 0 saturated carbocycles. The molecule has 0 aliphatic carbocycles. The Balaban J connectivity index is 1.41. The molecule has 0 unspecified atom stereocenters. The van der Waals surface area contributed by atoms with E-state index in [1.807, 2.05) is 24.0 Å². The number of carbonyl (C=O) groups excluding carboxylic acids is 1. The van der Waals surface area contributed by atoms with Crippen molar-refractivity contribution in [2.45, 2.75) is 31.1 Å². The zero-order valence-corrected chi connectivity index (χ0v) is 19.0. The fraction of sp³-hybridized carbons (Fsp3) is 0.269. The molecule has 0 aromatic heterocycles. The summed E-state index contributed by atoms with van der Waals surface area (Å²) in [6.45, 7) is 3.28. The Labute approximate surface area is 190 Å². The van der Waals surface area contributed by atoms with Crippen molar-refractivity contribution in [2.75, 3.05) is 17.8 Å². The third kappa shape index (κ3) is 5.37. The third-order valence-corrected chi connectivity index (χ3v) is 7.31. The van der Waals surface area contributed by atoms with Crippen molar-refractivity contribution in [3.63, 3.8) is 0 Å². The van der Waals surface area contributed by atoms with Crippen LogP contribution in [0.5, 0.6) is 0 Å². The largest absolute Gasteiger partial charge is 0.339 e. The monoisotopic (exact) mass is 448 g/mol. The van der Waals surface area contributed by atoms with Crippen molar-refractivity contribution >= 4 is 21.6 Å². The standard InChI is InChI=1S/C26H28N2O3S/c1-20-7-5-11-24(17-20)27-32(30,31)25-12-6-10-23(19-25)26(29)28-15-13-22(14-16-28)18-21-8-3-2-4-9-21/h2-12,17,19,22,27H,13-16,18H2,1H3. The summed E-state index contributed by atoms with van der Waals surface area (Å²) in [5.74, 6) is 0.447. The number of amides is 1. The van der Waals surface area contributed by atoms with E-state index in [9.17, 15) is 13.2 Å². The van der Waals surface area contributed by atoms with Gasteiger partial charge in [0.1, 0.15) is 0 Å². The van der Waals surface area contributed by atoms with Gasteiger partial charge in [-0.1, -0.05) is 48.5 Å². The first-order valence-electron chi connectivity index (χ1n) is 10.9. The summed E-state index contributed by atoms with van der Waals surface area (Å²) >= 11 is 0. The second-order valence-corrected chi connectivity index (χ2v) is 10.1. The van der Waals surface area contributed by atoms with Gasteiger partial charge in [0, 0.05) is 24.3 Å². The van der Waals surface area contributed by atoms with Crippen LogP contribution < -0.4 is 4.72 Å². The van der Waals surface area contributed by atoms with Crippen LogP contribution in [0.15, 0.2) is 83.8 Å². The Hall–Kier alpha value is -3.12. The first kappa shape index (κ1) is 22.1. The Morgan fingerprint density at radius 2 is 1.66 bits per heavy atom. The number of carbonyl (C=O) groups is 1. The lowest BCUT2D eigenvalue weighted by Crippen LogP contribution is -2.39. The second-order valence-electron chi connectivity index (χ2n) is 8.43. The molecule has 0 spiro atoms. The van der Waals surface area contributed by atoms with Crippen LogP contribution in [0.1, 0.15) is 34.3 Å². The highest BCUT2D eigenvalue weighted by Gasteiger charge is 2.25. The van der Waals surface area contributed by atoms with Crippen LogP contribution in [-0.4, -0.2) is 32.3 Å². The summed E-state index contributed by atoms with van der Waals surface area (Å²) in [5.41, 5.74) is 3.20. The molecule has 3 aromatic rings. The molecule has 1 heterocycles. The van der Waals surface area contributed by atoms with E-state index in [2.05, 4.69) is 29.0 Å². The maximum absolute atomic E-state index is 13.1. The van der Waals surface area contributed by atoms with Gasteiger partial charge in [-0.05, 0) is 73.6 Å². The van der Waals surface area contributed by atoms with Gasteiger partial charge in [-0.15, -0.1) is 0 Å². The molecule has 1 aliphatic rings. The second kappa shape index (κ2) is 9.57. The minimum Gasteiger partial charge on any atom is -0.339 e. The number of anilines is 1. The van der Waals surface area contributed by atoms with Gasteiger partial charge in [0.15, 0.2) is 0 Å². The zero-order valence-electron chi connectivity index (χ0n) is 18.2. The highest BCUT2D eigenvalue weighted by molar-refractivity contribution is 7.92. The molecule has 0 atom stereocenters. The van der Waals surface area contributed by atoms with Crippen LogP contribution in [0.25, 0.3) is 0 Å². The van der Waals surface area contributed by atoms with Crippen molar-refractivity contribution in [3.05, 3.63) is 95.6 Å². The van der Waals surface area contributed by atoms with Crippen LogP contribution in [-0.2, 0) is 16.4 Å². The third-order valence-electron chi connectivity index (χ3n) is 5.93. The molecule has 1 N–H and O–H groups in total. The molecule has 4 rings (SSSR count). The number of rotatable bonds is 6. The normalized spacial score (nSPS) is 14.8. The fourth-order valence-electron chi connectivity index (χ4n) is 4.19. The van der Waals surface area contributed by atoms with Crippen molar-refractivity contribution in [1.29, 1.82) is 0 Å². The molecular formula is C26H28N2O3S. The summed E-state index contributed by atoms with van der Waals surface area (Å²) in [5, 5.41) is 0. The summed E-state index contributed by atoms with van der Waals surface area (Å²) < 4.78 is 28.3. The minimum absolute atomic E-state index is 0.0869. The van der Waals surface area contributed by atoms with E-state index in [4.69, 9.17) is 0 Å². The van der Waals surface area contributed by atoms with Crippen molar-refractivity contribution in [1.82, 2.24) is 4.90 Å². The summed E-state index contributed by atoms with van der Waals surface area (Å²) in [4.78, 5) is 15.0. The predicted octanol–water partition coefficient (Wildman–Crippen LogP) is 4.89. The van der Waals surface area contributed by atoms with Crippen LogP contribution >= 0.6 is 0 Å². The molecular weight excluding hydrogens is 420 g/mol. The summed E-state index contributed by atoms with van der Waals surface area (Å²) in [6, 6.07) is 23.9. The Kier molecular flexibility index (Phi) is 6.61. The van der Waals surface area contributed by atoms with Crippen LogP contribution in [0.2, 0.25) is 0 Å². The molecule has 0 bridgehead atoms. The van der Waals surface area contributed by atoms with Gasteiger partial charge in [-0.3, -0.25) is 9.52 Å². The number of sulfonamides is 1. The zero-order chi connectivity index (χ0) is 22.6. The van der Waals surface area contributed by atoms with Crippen LogP contribution in [0, 0.1) is 12.8 Å². The quantitative estimate of drug-likeness (QED) is 0.584. The smallest absolute Gasteiger partial charge is 0.261 e. The molecule has 166 valence electrons. The lowest BCUT2D eigenvalue weighted by Gasteiger charge is -2.32. The number of piperidine rings is 1. The van der Waals surface area contributed by atoms with E-state index < -0.39 is 10.0 Å². The number of hydrogen-bond donors (Lipinski definition) is 1. The van der Waals surface area contributed by atoms with Gasteiger partial charge in [0.05, 0.1) is 4.90 Å². The Morgan fingerprint density at radius 1 is 0.938 bits per heavy atom. The van der Waals surface area contributed by atoms with Crippen molar-refractivity contribution < 1.29 is 13.2 Å². The number of hydrogen-bond acceptors (Lipinski definition) is 3. The van der Waals surface area contributed by atoms with Gasteiger partial charge < -0.3 is 4.90 Å². The van der Waals surface area contributed by atoms with Gasteiger partial charge in [-0.2, -0.15) is 0 Å². The summed E-state index contributed by atoms with van der Waals surface area (Å²) in [6.07, 6.45) is 2.93. The fourth-order valence-corrected chi connectivity index (χ4v) is 5.28. The number of nitrogens with one attached hydrogen (secondary N) is 1. The molecule has 3 aromatic carbocycles. The van der Waals surface area contributed by atoms with E-state index in [1.165, 1.54) is 17.7 Å². The Bertz CT molecular complexity index is 1180. The minimum atomic E-state index is -3.78. The van der Waals surface area contributed by atoms with Crippen LogP contribution in [0.4, 0.5) is 5.69 Å². The molecule has 1 aliphatic heterocycles. The molecule has 1 saturated heterocycles. The average Bonchev–Trinajstić information content (AvgIpc) is 2.80. The van der Waals surface area contributed by atoms with Crippen LogP contribution in [0.3, 0.4) is 0 Å². The molecule has 6 heteroatoms. The molecule has 0 radical (unpaired) electrons. The van der Waals surface area contributed by atoms with E-state index in [-0.39, 0.29) is 10.8 Å². The van der Waals surface area contributed by atoms with Gasteiger partial charge in [0.2, 0.25) is 0 Å². The molecule has 1 amide bonds. The average molecular weight is 449 g/mol. The number of nitrogens with zero attached hydrogens (tertiary/aromatic N) is 1. The first-order chi connectivity index (χ1) is 15.4. The van der Waals surface area contributed by atoms with Gasteiger partial charge in [0.25, 0.3) is 15.9 Å². The Morgan fingerprint density at radius 3 is 2.38 bits per heavy atom.